The van der Waals surface area contributed by atoms with Crippen LogP contribution in [0.4, 0.5) is 0 Å². The molecule has 0 bridgehead atoms. The molecule has 228 valence electrons. The van der Waals surface area contributed by atoms with Crippen LogP contribution in [0.25, 0.3) is 17.2 Å². The normalized spacial score (nSPS) is 23.2. The van der Waals surface area contributed by atoms with E-state index < -0.39 is 18.6 Å². The molecule has 2 atom stereocenters. The number of imidazole rings is 1. The zero-order valence-corrected chi connectivity index (χ0v) is 25.0. The molecule has 3 aliphatic heterocycles. The highest BCUT2D eigenvalue weighted by atomic mass is 35.5. The first-order chi connectivity index (χ1) is 22.5. The first-order valence-corrected chi connectivity index (χ1v) is 15.1. The molecule has 11 heteroatoms. The topological polar surface area (TPSA) is 112 Å². The fraction of sp³-hybridized carbons (Fsp3) is 0.394. The third kappa shape index (κ3) is 5.31. The van der Waals surface area contributed by atoms with Crippen LogP contribution in [0.15, 0.2) is 48.7 Å². The molecule has 10 nitrogen and oxygen atoms in total. The lowest BCUT2D eigenvalue weighted by atomic mass is 9.86. The number of carboxylic acids is 1. The van der Waals surface area contributed by atoms with Gasteiger partial charge < -0.3 is 23.9 Å². The van der Waals surface area contributed by atoms with Gasteiger partial charge in [0.1, 0.15) is 28.5 Å². The van der Waals surface area contributed by atoms with Gasteiger partial charge in [0.2, 0.25) is 0 Å². The molecule has 1 N–H and O–H groups in total. The van der Waals surface area contributed by atoms with Crippen molar-refractivity contribution in [2.24, 2.45) is 0 Å². The molecule has 7 rings (SSSR count). The maximum absolute atomic E-state index is 11.6. The molecular weight excluding hydrogens is 582 g/mol. The van der Waals surface area contributed by atoms with E-state index >= 15 is 0 Å². The second-order valence-electron chi connectivity index (χ2n) is 11.7. The average molecular weight is 619 g/mol. The molecule has 0 spiro atoms. The third-order valence-corrected chi connectivity index (χ3v) is 9.04. The summed E-state index contributed by atoms with van der Waals surface area (Å²) in [6, 6.07) is 10.8. The molecule has 0 saturated carbocycles. The van der Waals surface area contributed by atoms with Gasteiger partial charge in [-0.25, -0.2) is 14.8 Å². The lowest BCUT2D eigenvalue weighted by Crippen LogP contribution is -2.36. The highest BCUT2D eigenvalue weighted by Gasteiger charge is 2.36. The quantitative estimate of drug-likeness (QED) is 0.267. The minimum Gasteiger partial charge on any atom is -0.495 e. The van der Waals surface area contributed by atoms with Crippen molar-refractivity contribution in [3.8, 4) is 11.5 Å². The minimum atomic E-state index is -2.68. The van der Waals surface area contributed by atoms with Gasteiger partial charge in [-0.15, -0.1) is 0 Å². The fourth-order valence-electron chi connectivity index (χ4n) is 6.35. The number of benzene rings is 1. The summed E-state index contributed by atoms with van der Waals surface area (Å²) in [5.74, 6) is 0.796. The number of pyridine rings is 2. The second-order valence-corrected chi connectivity index (χ2v) is 12.2. The van der Waals surface area contributed by atoms with Gasteiger partial charge in [0.25, 0.3) is 0 Å². The van der Waals surface area contributed by atoms with Crippen molar-refractivity contribution in [1.29, 1.82) is 0 Å². The van der Waals surface area contributed by atoms with E-state index in [-0.39, 0.29) is 28.5 Å². The molecule has 6 heterocycles. The number of methoxy groups -OCH3 is 1. The van der Waals surface area contributed by atoms with Crippen LogP contribution in [-0.2, 0) is 23.4 Å². The number of carbonyl (C=O) groups is 1. The third-order valence-electron chi connectivity index (χ3n) is 8.83. The molecule has 2 saturated heterocycles. The summed E-state index contributed by atoms with van der Waals surface area (Å²) in [7, 11) is -2.68. The SMILES string of the molecule is [2H]C([2H])([2H])Oc1cc(Cl)cnc1[C@@]1(C)C=Cc2cccc(C3CCN(Cc4nc5ccc(C(=O)O)nc5n4C[C@@H]4CCO4)CC3)c2O1. The molecule has 1 aromatic carbocycles. The predicted octanol–water partition coefficient (Wildman–Crippen LogP) is 5.68. The largest absolute Gasteiger partial charge is 0.495 e. The Morgan fingerprint density at radius 1 is 1.23 bits per heavy atom. The Labute approximate surface area is 264 Å². The highest BCUT2D eigenvalue weighted by molar-refractivity contribution is 6.30. The molecule has 44 heavy (non-hydrogen) atoms. The van der Waals surface area contributed by atoms with E-state index in [1.807, 2.05) is 35.8 Å². The number of nitrogens with zero attached hydrogens (tertiary/aromatic N) is 5. The van der Waals surface area contributed by atoms with E-state index in [9.17, 15) is 9.90 Å². The Hall–Kier alpha value is -3.99. The Balaban J connectivity index is 1.10. The van der Waals surface area contributed by atoms with Gasteiger partial charge in [-0.3, -0.25) is 9.88 Å². The average Bonchev–Trinajstić information content (AvgIpc) is 3.34. The summed E-state index contributed by atoms with van der Waals surface area (Å²) in [5, 5.41) is 9.77. The standard InChI is InChI=1S/C33H34ClN5O5/c1-33(30-27(42-2)16-22(34)17-35-30)12-8-21-4-3-5-24(29(21)44-33)20-9-13-38(14-10-20)19-28-36-25-6-7-26(32(40)41)37-31(25)39(28)18-23-11-15-43-23/h3-8,12,16-17,20,23H,9-11,13-15,18-19H2,1-2H3,(H,40,41)/t23-,33+/m0/s1/i2D3. The first kappa shape index (κ1) is 25.3. The summed E-state index contributed by atoms with van der Waals surface area (Å²) in [6.45, 7) is 5.41. The van der Waals surface area contributed by atoms with Gasteiger partial charge >= 0.3 is 5.97 Å². The van der Waals surface area contributed by atoms with Crippen molar-refractivity contribution in [3.63, 3.8) is 0 Å². The zero-order valence-electron chi connectivity index (χ0n) is 27.2. The Kier molecular flexibility index (Phi) is 6.62. The lowest BCUT2D eigenvalue weighted by molar-refractivity contribution is -0.0593. The van der Waals surface area contributed by atoms with Crippen molar-refractivity contribution in [1.82, 2.24) is 24.4 Å². The number of carboxylic acid groups (broad SMARTS) is 1. The Morgan fingerprint density at radius 3 is 2.82 bits per heavy atom. The molecule has 3 aromatic heterocycles. The summed E-state index contributed by atoms with van der Waals surface area (Å²) in [4.78, 5) is 27.7. The van der Waals surface area contributed by atoms with Gasteiger partial charge in [-0.05, 0) is 69.0 Å². The number of hydrogen-bond acceptors (Lipinski definition) is 8. The van der Waals surface area contributed by atoms with Crippen LogP contribution in [0.1, 0.15) is 69.4 Å². The van der Waals surface area contributed by atoms with E-state index in [2.05, 4.69) is 20.9 Å². The maximum Gasteiger partial charge on any atom is 0.354 e. The Bertz CT molecular complexity index is 1870. The molecular formula is C33H34ClN5O5. The van der Waals surface area contributed by atoms with Crippen molar-refractivity contribution >= 4 is 34.8 Å². The molecule has 3 aliphatic rings. The fourth-order valence-corrected chi connectivity index (χ4v) is 6.50. The van der Waals surface area contributed by atoms with Gasteiger partial charge in [0.05, 0.1) is 35.4 Å². The number of rotatable bonds is 8. The van der Waals surface area contributed by atoms with Gasteiger partial charge in [0.15, 0.2) is 16.9 Å². The summed E-state index contributed by atoms with van der Waals surface area (Å²) in [6.07, 6.45) is 8.09. The van der Waals surface area contributed by atoms with E-state index in [1.54, 1.807) is 6.07 Å². The number of aromatic carboxylic acids is 1. The predicted molar refractivity (Wildman–Crippen MR) is 165 cm³/mol. The zero-order chi connectivity index (χ0) is 32.9. The number of aromatic nitrogens is 4. The minimum absolute atomic E-state index is 0.00670. The first-order valence-electron chi connectivity index (χ1n) is 16.3. The van der Waals surface area contributed by atoms with E-state index in [0.29, 0.717) is 29.9 Å². The summed E-state index contributed by atoms with van der Waals surface area (Å²) >= 11 is 6.15. The van der Waals surface area contributed by atoms with Crippen LogP contribution in [0.3, 0.4) is 0 Å². The smallest absolute Gasteiger partial charge is 0.354 e. The summed E-state index contributed by atoms with van der Waals surface area (Å²) < 4.78 is 42.6. The van der Waals surface area contributed by atoms with Crippen LogP contribution in [0.2, 0.25) is 5.02 Å². The highest BCUT2D eigenvalue weighted by Crippen LogP contribution is 2.45. The van der Waals surface area contributed by atoms with Crippen LogP contribution < -0.4 is 9.47 Å². The molecule has 0 amide bonds. The van der Waals surface area contributed by atoms with Crippen molar-refractivity contribution in [3.05, 3.63) is 82.0 Å². The number of hydrogen-bond donors (Lipinski definition) is 1. The number of para-hydroxylation sites is 1. The molecule has 0 unspecified atom stereocenters. The van der Waals surface area contributed by atoms with Crippen LogP contribution in [0, 0.1) is 0 Å². The molecule has 0 radical (unpaired) electrons. The molecule has 4 aromatic rings. The Morgan fingerprint density at radius 2 is 2.07 bits per heavy atom. The lowest BCUT2D eigenvalue weighted by Gasteiger charge is -2.36. The number of halogens is 1. The second kappa shape index (κ2) is 11.5. The number of piperidine rings is 1. The van der Waals surface area contributed by atoms with Crippen LogP contribution in [-0.4, -0.2) is 68.3 Å². The van der Waals surface area contributed by atoms with Crippen molar-refractivity contribution in [2.45, 2.75) is 56.9 Å². The van der Waals surface area contributed by atoms with E-state index in [0.717, 1.165) is 61.7 Å². The van der Waals surface area contributed by atoms with Crippen LogP contribution in [0.5, 0.6) is 11.5 Å². The number of ether oxygens (including phenoxy) is 3. The summed E-state index contributed by atoms with van der Waals surface area (Å²) in [5.41, 5.74) is 2.49. The van der Waals surface area contributed by atoms with Gasteiger partial charge in [0, 0.05) is 24.4 Å². The maximum atomic E-state index is 11.6. The van der Waals surface area contributed by atoms with Crippen LogP contribution >= 0.6 is 11.6 Å². The van der Waals surface area contributed by atoms with Gasteiger partial charge in [-0.1, -0.05) is 35.9 Å². The van der Waals surface area contributed by atoms with E-state index in [4.69, 9.17) is 34.9 Å². The molecule has 0 aliphatic carbocycles. The van der Waals surface area contributed by atoms with Gasteiger partial charge in [-0.2, -0.15) is 0 Å². The monoisotopic (exact) mass is 618 g/mol. The molecule has 2 fully saturated rings. The van der Waals surface area contributed by atoms with E-state index in [1.165, 1.54) is 18.3 Å². The van der Waals surface area contributed by atoms with Crippen molar-refractivity contribution in [2.75, 3.05) is 26.7 Å². The number of fused-ring (bicyclic) bond motifs is 2. The van der Waals surface area contributed by atoms with Crippen molar-refractivity contribution < 1.29 is 28.2 Å². The number of likely N-dealkylation sites (tertiary alicyclic amines) is 1.